The molecule has 0 unspecified atom stereocenters. The molecule has 0 saturated heterocycles. The summed E-state index contributed by atoms with van der Waals surface area (Å²) in [4.78, 5) is 38.1. The first-order valence-electron chi connectivity index (χ1n) is 7.73. The number of para-hydroxylation sites is 1. The predicted molar refractivity (Wildman–Crippen MR) is 95.1 cm³/mol. The Bertz CT molecular complexity index is 1250. The van der Waals surface area contributed by atoms with Crippen molar-refractivity contribution in [1.82, 2.24) is 4.57 Å². The predicted octanol–water partition coefficient (Wildman–Crippen LogP) is 2.88. The molecule has 25 heavy (non-hydrogen) atoms. The molecule has 0 spiro atoms. The molecule has 0 aliphatic rings. The molecule has 0 bridgehead atoms. The van der Waals surface area contributed by atoms with Crippen LogP contribution in [0.1, 0.15) is 15.9 Å². The van der Waals surface area contributed by atoms with E-state index in [-0.39, 0.29) is 22.1 Å². The summed E-state index contributed by atoms with van der Waals surface area (Å²) in [5.41, 5.74) is 0.123. The Kier molecular flexibility index (Phi) is 3.35. The van der Waals surface area contributed by atoms with Gasteiger partial charge in [0.2, 0.25) is 11.1 Å². The second-order valence-electron chi connectivity index (χ2n) is 5.76. The summed E-state index contributed by atoms with van der Waals surface area (Å²) in [5, 5.41) is 0.617. The zero-order chi connectivity index (χ0) is 17.6. The van der Waals surface area contributed by atoms with Crippen LogP contribution >= 0.6 is 0 Å². The minimum Gasteiger partial charge on any atom is -0.439 e. The Labute approximate surface area is 141 Å². The van der Waals surface area contributed by atoms with E-state index in [1.54, 1.807) is 54.6 Å². The van der Waals surface area contributed by atoms with Gasteiger partial charge >= 0.3 is 0 Å². The first-order chi connectivity index (χ1) is 12.1. The largest absolute Gasteiger partial charge is 0.439 e. The van der Waals surface area contributed by atoms with E-state index < -0.39 is 11.3 Å². The van der Waals surface area contributed by atoms with Crippen LogP contribution in [0.15, 0.2) is 74.7 Å². The highest BCUT2D eigenvalue weighted by Crippen LogP contribution is 2.18. The standard InChI is InChI=1S/C20H13NO4/c1-21-19(24)14(17(22)12-7-3-2-4-8-12)11-15-18(23)13-9-5-6-10-16(13)25-20(15)21/h2-11H,1H3. The van der Waals surface area contributed by atoms with Gasteiger partial charge in [0.1, 0.15) is 5.58 Å². The maximum Gasteiger partial charge on any atom is 0.264 e. The maximum atomic E-state index is 12.8. The number of rotatable bonds is 2. The van der Waals surface area contributed by atoms with Crippen molar-refractivity contribution in [3.8, 4) is 0 Å². The van der Waals surface area contributed by atoms with Crippen LogP contribution in [0.5, 0.6) is 0 Å². The number of aryl methyl sites for hydroxylation is 1. The van der Waals surface area contributed by atoms with E-state index in [1.807, 2.05) is 0 Å². The van der Waals surface area contributed by atoms with Crippen LogP contribution in [0.2, 0.25) is 0 Å². The molecule has 4 aromatic rings. The average Bonchev–Trinajstić information content (AvgIpc) is 2.65. The van der Waals surface area contributed by atoms with Gasteiger partial charge in [-0.1, -0.05) is 42.5 Å². The second kappa shape index (κ2) is 5.56. The highest BCUT2D eigenvalue weighted by Gasteiger charge is 2.19. The zero-order valence-electron chi connectivity index (χ0n) is 13.4. The molecule has 122 valence electrons. The number of hydrogen-bond donors (Lipinski definition) is 0. The van der Waals surface area contributed by atoms with Gasteiger partial charge in [0.15, 0.2) is 5.78 Å². The first-order valence-corrected chi connectivity index (χ1v) is 7.73. The molecule has 0 N–H and O–H groups in total. The van der Waals surface area contributed by atoms with Gasteiger partial charge in [0.25, 0.3) is 5.56 Å². The Morgan fingerprint density at radius 1 is 0.920 bits per heavy atom. The Morgan fingerprint density at radius 2 is 1.60 bits per heavy atom. The Morgan fingerprint density at radius 3 is 2.36 bits per heavy atom. The fraction of sp³-hybridized carbons (Fsp3) is 0.0500. The van der Waals surface area contributed by atoms with Crippen LogP contribution in [0.4, 0.5) is 0 Å². The van der Waals surface area contributed by atoms with Crippen LogP contribution in [0.3, 0.4) is 0 Å². The minimum atomic E-state index is -0.500. The number of fused-ring (bicyclic) bond motifs is 2. The lowest BCUT2D eigenvalue weighted by Gasteiger charge is -2.08. The molecule has 0 aliphatic carbocycles. The molecule has 0 saturated carbocycles. The van der Waals surface area contributed by atoms with Gasteiger partial charge in [-0.05, 0) is 18.2 Å². The third kappa shape index (κ3) is 2.29. The molecule has 0 radical (unpaired) electrons. The summed E-state index contributed by atoms with van der Waals surface area (Å²) < 4.78 is 6.94. The number of ketones is 1. The van der Waals surface area contributed by atoms with Gasteiger partial charge in [0.05, 0.1) is 16.3 Å². The Balaban J connectivity index is 2.08. The van der Waals surface area contributed by atoms with E-state index in [4.69, 9.17) is 4.42 Å². The van der Waals surface area contributed by atoms with Crippen molar-refractivity contribution in [2.75, 3.05) is 0 Å². The fourth-order valence-corrected chi connectivity index (χ4v) is 2.91. The highest BCUT2D eigenvalue weighted by atomic mass is 16.3. The van der Waals surface area contributed by atoms with Crippen molar-refractivity contribution in [2.45, 2.75) is 0 Å². The number of hydrogen-bond acceptors (Lipinski definition) is 4. The van der Waals surface area contributed by atoms with Crippen molar-refractivity contribution in [3.63, 3.8) is 0 Å². The highest BCUT2D eigenvalue weighted by molar-refractivity contribution is 6.10. The summed E-state index contributed by atoms with van der Waals surface area (Å²) in [7, 11) is 1.49. The molecule has 5 nitrogen and oxygen atoms in total. The lowest BCUT2D eigenvalue weighted by atomic mass is 10.0. The smallest absolute Gasteiger partial charge is 0.264 e. The van der Waals surface area contributed by atoms with E-state index in [1.165, 1.54) is 17.7 Å². The molecular formula is C20H13NO4. The third-order valence-corrected chi connectivity index (χ3v) is 4.22. The molecule has 4 rings (SSSR count). The zero-order valence-corrected chi connectivity index (χ0v) is 13.4. The number of nitrogens with zero attached hydrogens (tertiary/aromatic N) is 1. The van der Waals surface area contributed by atoms with E-state index in [0.29, 0.717) is 16.5 Å². The van der Waals surface area contributed by atoms with Crippen LogP contribution in [0.25, 0.3) is 22.1 Å². The van der Waals surface area contributed by atoms with Crippen LogP contribution in [-0.2, 0) is 7.05 Å². The molecule has 0 fully saturated rings. The fourth-order valence-electron chi connectivity index (χ4n) is 2.91. The summed E-state index contributed by atoms with van der Waals surface area (Å²) in [6.45, 7) is 0. The maximum absolute atomic E-state index is 12.8. The molecule has 2 aromatic carbocycles. The molecule has 2 aromatic heterocycles. The van der Waals surface area contributed by atoms with E-state index in [0.717, 1.165) is 0 Å². The molecule has 0 aliphatic heterocycles. The summed E-state index contributed by atoms with van der Waals surface area (Å²) in [6.07, 6.45) is 0. The Hall–Kier alpha value is -3.47. The number of benzene rings is 2. The summed E-state index contributed by atoms with van der Waals surface area (Å²) >= 11 is 0. The van der Waals surface area contributed by atoms with Crippen molar-refractivity contribution < 1.29 is 9.21 Å². The van der Waals surface area contributed by atoms with Crippen LogP contribution in [0, 0.1) is 0 Å². The quantitative estimate of drug-likeness (QED) is 0.418. The minimum absolute atomic E-state index is 0.0521. The van der Waals surface area contributed by atoms with Crippen LogP contribution < -0.4 is 11.0 Å². The summed E-state index contributed by atoms with van der Waals surface area (Å²) in [6, 6.07) is 16.7. The lowest BCUT2D eigenvalue weighted by molar-refractivity contribution is 0.103. The van der Waals surface area contributed by atoms with Gasteiger partial charge in [-0.15, -0.1) is 0 Å². The number of pyridine rings is 1. The molecule has 5 heteroatoms. The van der Waals surface area contributed by atoms with Crippen molar-refractivity contribution >= 4 is 27.9 Å². The SMILES string of the molecule is Cn1c(=O)c(C(=O)c2ccccc2)cc2c(=O)c3ccccc3oc21. The summed E-state index contributed by atoms with van der Waals surface area (Å²) in [5.74, 6) is -0.421. The van der Waals surface area contributed by atoms with E-state index in [2.05, 4.69) is 0 Å². The topological polar surface area (TPSA) is 69.3 Å². The van der Waals surface area contributed by atoms with Crippen molar-refractivity contribution in [1.29, 1.82) is 0 Å². The van der Waals surface area contributed by atoms with E-state index >= 15 is 0 Å². The molecule has 2 heterocycles. The van der Waals surface area contributed by atoms with Crippen molar-refractivity contribution in [3.05, 3.63) is 92.4 Å². The van der Waals surface area contributed by atoms with Gasteiger partial charge in [-0.3, -0.25) is 19.0 Å². The first kappa shape index (κ1) is 15.1. The number of carbonyl (C=O) groups excluding carboxylic acids is 1. The molecular weight excluding hydrogens is 318 g/mol. The van der Waals surface area contributed by atoms with Gasteiger partial charge in [-0.25, -0.2) is 0 Å². The molecule has 0 atom stereocenters. The normalized spacial score (nSPS) is 11.1. The lowest BCUT2D eigenvalue weighted by Crippen LogP contribution is -2.26. The molecule has 0 amide bonds. The van der Waals surface area contributed by atoms with Crippen LogP contribution in [-0.4, -0.2) is 10.4 Å². The van der Waals surface area contributed by atoms with Crippen molar-refractivity contribution in [2.24, 2.45) is 7.05 Å². The van der Waals surface area contributed by atoms with Gasteiger partial charge in [0, 0.05) is 12.6 Å². The average molecular weight is 331 g/mol. The third-order valence-electron chi connectivity index (χ3n) is 4.22. The van der Waals surface area contributed by atoms with Gasteiger partial charge in [-0.2, -0.15) is 0 Å². The monoisotopic (exact) mass is 331 g/mol. The van der Waals surface area contributed by atoms with Gasteiger partial charge < -0.3 is 4.42 Å². The number of carbonyl (C=O) groups is 1. The van der Waals surface area contributed by atoms with E-state index in [9.17, 15) is 14.4 Å². The number of aromatic nitrogens is 1. The second-order valence-corrected chi connectivity index (χ2v) is 5.76.